The quantitative estimate of drug-likeness (QED) is 0.712. The number of carbonyl (C=O) groups is 2. The van der Waals surface area contributed by atoms with Gasteiger partial charge in [-0.1, -0.05) is 0 Å². The molecule has 0 saturated carbocycles. The Kier molecular flexibility index (Phi) is 5.50. The smallest absolute Gasteiger partial charge is 0.407 e. The minimum atomic E-state index is -0.486. The standard InChI is InChI=1S/C15H28N4O3/c1-15(2,3)22-14(21)18-11-5-8-19(9-6-11)13(20)17-12-4-7-16-10-12/h11-12,16H,4-10H2,1-3H3,(H,17,20)(H,18,21). The summed E-state index contributed by atoms with van der Waals surface area (Å²) >= 11 is 0. The van der Waals surface area contributed by atoms with Gasteiger partial charge < -0.3 is 25.6 Å². The third-order valence-corrected chi connectivity index (χ3v) is 3.89. The van der Waals surface area contributed by atoms with Crippen molar-refractivity contribution in [3.05, 3.63) is 0 Å². The zero-order chi connectivity index (χ0) is 16.2. The van der Waals surface area contributed by atoms with E-state index in [1.165, 1.54) is 0 Å². The molecule has 0 spiro atoms. The number of nitrogens with one attached hydrogen (secondary N) is 3. The number of likely N-dealkylation sites (tertiary alicyclic amines) is 1. The molecular weight excluding hydrogens is 284 g/mol. The second kappa shape index (κ2) is 7.17. The van der Waals surface area contributed by atoms with Gasteiger partial charge in [-0.15, -0.1) is 0 Å². The number of ether oxygens (including phenoxy) is 1. The van der Waals surface area contributed by atoms with Crippen molar-refractivity contribution in [1.82, 2.24) is 20.9 Å². The normalized spacial score (nSPS) is 23.2. The van der Waals surface area contributed by atoms with Crippen molar-refractivity contribution in [2.45, 2.75) is 57.7 Å². The van der Waals surface area contributed by atoms with E-state index < -0.39 is 5.60 Å². The van der Waals surface area contributed by atoms with E-state index >= 15 is 0 Å². The van der Waals surface area contributed by atoms with Crippen LogP contribution in [0.1, 0.15) is 40.0 Å². The van der Waals surface area contributed by atoms with Gasteiger partial charge >= 0.3 is 12.1 Å². The lowest BCUT2D eigenvalue weighted by atomic mass is 10.1. The van der Waals surface area contributed by atoms with Gasteiger partial charge in [0.2, 0.25) is 0 Å². The number of rotatable bonds is 2. The minimum Gasteiger partial charge on any atom is -0.444 e. The van der Waals surface area contributed by atoms with E-state index in [0.717, 1.165) is 32.4 Å². The first-order valence-corrected chi connectivity index (χ1v) is 8.09. The Labute approximate surface area is 132 Å². The van der Waals surface area contributed by atoms with E-state index in [0.29, 0.717) is 13.1 Å². The second-order valence-corrected chi connectivity index (χ2v) is 7.05. The number of piperidine rings is 1. The Hall–Kier alpha value is -1.50. The maximum Gasteiger partial charge on any atom is 0.407 e. The Bertz CT molecular complexity index is 394. The van der Waals surface area contributed by atoms with Gasteiger partial charge in [-0.2, -0.15) is 0 Å². The second-order valence-electron chi connectivity index (χ2n) is 7.05. The number of urea groups is 1. The lowest BCUT2D eigenvalue weighted by Gasteiger charge is -2.33. The summed E-state index contributed by atoms with van der Waals surface area (Å²) in [7, 11) is 0. The molecule has 2 saturated heterocycles. The van der Waals surface area contributed by atoms with Crippen LogP contribution < -0.4 is 16.0 Å². The van der Waals surface area contributed by atoms with Crippen LogP contribution in [0.15, 0.2) is 0 Å². The average molecular weight is 312 g/mol. The zero-order valence-electron chi connectivity index (χ0n) is 13.8. The monoisotopic (exact) mass is 312 g/mol. The minimum absolute atomic E-state index is 0.00409. The molecule has 126 valence electrons. The Morgan fingerprint density at radius 2 is 1.77 bits per heavy atom. The molecule has 0 radical (unpaired) electrons. The molecule has 7 heteroatoms. The van der Waals surface area contributed by atoms with Crippen LogP contribution in [0.5, 0.6) is 0 Å². The third kappa shape index (κ3) is 5.36. The van der Waals surface area contributed by atoms with Crippen molar-refractivity contribution in [2.75, 3.05) is 26.2 Å². The van der Waals surface area contributed by atoms with Crippen LogP contribution in [0.25, 0.3) is 0 Å². The van der Waals surface area contributed by atoms with Gasteiger partial charge in [0, 0.05) is 31.7 Å². The Morgan fingerprint density at radius 3 is 2.32 bits per heavy atom. The van der Waals surface area contributed by atoms with E-state index in [9.17, 15) is 9.59 Å². The lowest BCUT2D eigenvalue weighted by molar-refractivity contribution is 0.0485. The highest BCUT2D eigenvalue weighted by molar-refractivity contribution is 5.74. The van der Waals surface area contributed by atoms with Gasteiger partial charge in [0.05, 0.1) is 0 Å². The highest BCUT2D eigenvalue weighted by atomic mass is 16.6. The summed E-state index contributed by atoms with van der Waals surface area (Å²) in [5.41, 5.74) is -0.486. The summed E-state index contributed by atoms with van der Waals surface area (Å²) in [5, 5.41) is 9.16. The van der Waals surface area contributed by atoms with Gasteiger partial charge in [-0.25, -0.2) is 9.59 Å². The Morgan fingerprint density at radius 1 is 1.09 bits per heavy atom. The molecule has 0 bridgehead atoms. The fourth-order valence-electron chi connectivity index (χ4n) is 2.74. The maximum atomic E-state index is 12.1. The molecule has 1 atom stereocenters. The molecule has 2 fully saturated rings. The number of nitrogens with zero attached hydrogens (tertiary/aromatic N) is 1. The first-order chi connectivity index (χ1) is 10.3. The van der Waals surface area contributed by atoms with E-state index in [2.05, 4.69) is 16.0 Å². The Balaban J connectivity index is 1.68. The summed E-state index contributed by atoms with van der Waals surface area (Å²) < 4.78 is 5.25. The fourth-order valence-corrected chi connectivity index (χ4v) is 2.74. The van der Waals surface area contributed by atoms with Crippen LogP contribution in [0.2, 0.25) is 0 Å². The van der Waals surface area contributed by atoms with Gasteiger partial charge in [0.1, 0.15) is 5.60 Å². The number of amides is 3. The molecule has 0 aromatic rings. The number of alkyl carbamates (subject to hydrolysis) is 1. The largest absolute Gasteiger partial charge is 0.444 e. The molecule has 3 N–H and O–H groups in total. The summed E-state index contributed by atoms with van der Waals surface area (Å²) in [6, 6.07) is 0.321. The molecule has 1 unspecified atom stereocenters. The fraction of sp³-hybridized carbons (Fsp3) is 0.867. The highest BCUT2D eigenvalue weighted by Crippen LogP contribution is 2.13. The SMILES string of the molecule is CC(C)(C)OC(=O)NC1CCN(C(=O)NC2CCNC2)CC1. The topological polar surface area (TPSA) is 82.7 Å². The van der Waals surface area contributed by atoms with Gasteiger partial charge in [0.25, 0.3) is 0 Å². The molecule has 7 nitrogen and oxygen atoms in total. The highest BCUT2D eigenvalue weighted by Gasteiger charge is 2.27. The van der Waals surface area contributed by atoms with E-state index in [1.54, 1.807) is 0 Å². The molecule has 0 aromatic carbocycles. The number of hydrogen-bond donors (Lipinski definition) is 3. The van der Waals surface area contributed by atoms with Gasteiger partial charge in [-0.05, 0) is 46.6 Å². The van der Waals surface area contributed by atoms with E-state index in [4.69, 9.17) is 4.74 Å². The predicted molar refractivity (Wildman–Crippen MR) is 83.8 cm³/mol. The lowest BCUT2D eigenvalue weighted by Crippen LogP contribution is -2.52. The third-order valence-electron chi connectivity index (χ3n) is 3.89. The summed E-state index contributed by atoms with van der Waals surface area (Å²) in [6.07, 6.45) is 2.13. The summed E-state index contributed by atoms with van der Waals surface area (Å²) in [5.74, 6) is 0. The molecular formula is C15H28N4O3. The average Bonchev–Trinajstić information content (AvgIpc) is 2.90. The summed E-state index contributed by atoms with van der Waals surface area (Å²) in [4.78, 5) is 25.7. The number of carbonyl (C=O) groups excluding carboxylic acids is 2. The van der Waals surface area contributed by atoms with Crippen molar-refractivity contribution in [1.29, 1.82) is 0 Å². The van der Waals surface area contributed by atoms with Crippen LogP contribution in [-0.4, -0.2) is 60.9 Å². The zero-order valence-corrected chi connectivity index (χ0v) is 13.8. The van der Waals surface area contributed by atoms with Gasteiger partial charge in [-0.3, -0.25) is 0 Å². The molecule has 0 aliphatic carbocycles. The summed E-state index contributed by atoms with van der Waals surface area (Å²) in [6.45, 7) is 8.67. The van der Waals surface area contributed by atoms with Crippen molar-refractivity contribution in [3.63, 3.8) is 0 Å². The van der Waals surface area contributed by atoms with Crippen molar-refractivity contribution >= 4 is 12.1 Å². The first-order valence-electron chi connectivity index (χ1n) is 8.09. The van der Waals surface area contributed by atoms with Crippen LogP contribution in [0.3, 0.4) is 0 Å². The number of hydrogen-bond acceptors (Lipinski definition) is 4. The van der Waals surface area contributed by atoms with Crippen LogP contribution in [0, 0.1) is 0 Å². The molecule has 2 rings (SSSR count). The molecule has 3 amide bonds. The molecule has 22 heavy (non-hydrogen) atoms. The predicted octanol–water partition coefficient (Wildman–Crippen LogP) is 1.05. The molecule has 2 aliphatic rings. The molecule has 2 heterocycles. The van der Waals surface area contributed by atoms with Crippen molar-refractivity contribution < 1.29 is 14.3 Å². The van der Waals surface area contributed by atoms with E-state index in [1.807, 2.05) is 25.7 Å². The van der Waals surface area contributed by atoms with Crippen LogP contribution >= 0.6 is 0 Å². The van der Waals surface area contributed by atoms with E-state index in [-0.39, 0.29) is 24.2 Å². The van der Waals surface area contributed by atoms with Crippen molar-refractivity contribution in [2.24, 2.45) is 0 Å². The maximum absolute atomic E-state index is 12.1. The van der Waals surface area contributed by atoms with Crippen molar-refractivity contribution in [3.8, 4) is 0 Å². The van der Waals surface area contributed by atoms with Crippen LogP contribution in [-0.2, 0) is 4.74 Å². The molecule has 2 aliphatic heterocycles. The molecule has 0 aromatic heterocycles. The van der Waals surface area contributed by atoms with Crippen LogP contribution in [0.4, 0.5) is 9.59 Å². The first kappa shape index (κ1) is 16.9. The van der Waals surface area contributed by atoms with Gasteiger partial charge in [0.15, 0.2) is 0 Å².